The fourth-order valence-electron chi connectivity index (χ4n) is 4.19. The molecular weight excluding hydrogens is 584 g/mol. The van der Waals surface area contributed by atoms with Gasteiger partial charge in [0.25, 0.3) is 0 Å². The van der Waals surface area contributed by atoms with Crippen LogP contribution in [0.2, 0.25) is 0 Å². The molecule has 5 atom stereocenters. The van der Waals surface area contributed by atoms with Gasteiger partial charge in [-0.05, 0) is 36.4 Å². The van der Waals surface area contributed by atoms with Gasteiger partial charge in [0.1, 0.15) is 18.8 Å². The van der Waals surface area contributed by atoms with Crippen LogP contribution >= 0.6 is 15.9 Å². The summed E-state index contributed by atoms with van der Waals surface area (Å²) in [7, 11) is 1.39. The second-order valence-electron chi connectivity index (χ2n) is 8.74. The van der Waals surface area contributed by atoms with E-state index in [9.17, 15) is 14.4 Å². The zero-order chi connectivity index (χ0) is 28.3. The summed E-state index contributed by atoms with van der Waals surface area (Å²) in [5.74, 6) is -1.86. The number of carbonyl (C=O) groups is 3. The zero-order valence-corrected chi connectivity index (χ0v) is 23.3. The Morgan fingerprint density at radius 2 is 1.18 bits per heavy atom. The van der Waals surface area contributed by atoms with E-state index in [4.69, 9.17) is 28.4 Å². The predicted octanol–water partition coefficient (Wildman–Crippen LogP) is 4.45. The summed E-state index contributed by atoms with van der Waals surface area (Å²) >= 11 is 3.34. The van der Waals surface area contributed by atoms with E-state index < -0.39 is 48.6 Å². The average molecular weight is 613 g/mol. The number of carbonyl (C=O) groups excluding carboxylic acids is 3. The van der Waals surface area contributed by atoms with Crippen LogP contribution in [0.3, 0.4) is 0 Å². The van der Waals surface area contributed by atoms with Crippen molar-refractivity contribution in [3.8, 4) is 0 Å². The molecule has 0 N–H and O–H groups in total. The molecule has 0 bridgehead atoms. The first-order valence-corrected chi connectivity index (χ1v) is 13.7. The van der Waals surface area contributed by atoms with E-state index in [1.165, 1.54) is 7.11 Å². The van der Waals surface area contributed by atoms with Crippen molar-refractivity contribution in [2.75, 3.05) is 25.7 Å². The summed E-state index contributed by atoms with van der Waals surface area (Å²) in [6.45, 7) is -0.0930. The van der Waals surface area contributed by atoms with E-state index >= 15 is 0 Å². The fraction of sp³-hybridized carbons (Fsp3) is 0.300. The van der Waals surface area contributed by atoms with E-state index in [1.54, 1.807) is 91.0 Å². The number of halogens is 1. The first-order valence-electron chi connectivity index (χ1n) is 12.6. The van der Waals surface area contributed by atoms with Gasteiger partial charge in [-0.25, -0.2) is 14.4 Å². The van der Waals surface area contributed by atoms with Gasteiger partial charge in [0.05, 0.1) is 23.3 Å². The Labute approximate surface area is 240 Å². The molecule has 0 aromatic heterocycles. The van der Waals surface area contributed by atoms with E-state index in [0.29, 0.717) is 22.0 Å². The molecule has 0 radical (unpaired) electrons. The predicted molar refractivity (Wildman–Crippen MR) is 147 cm³/mol. The number of hydrogen-bond acceptors (Lipinski definition) is 9. The SMILES string of the molecule is CO[C@H]1O[C@H](COC(=O)c2ccccc2)[C@H](OC(=O)c2ccccc2)[C@H](OCCBr)[C@H]1OC(=O)c1ccccc1. The fourth-order valence-corrected chi connectivity index (χ4v) is 4.37. The van der Waals surface area contributed by atoms with Crippen LogP contribution in [0.5, 0.6) is 0 Å². The molecule has 0 saturated carbocycles. The lowest BCUT2D eigenvalue weighted by Gasteiger charge is -2.44. The van der Waals surface area contributed by atoms with Crippen LogP contribution in [0.15, 0.2) is 91.0 Å². The molecule has 1 aliphatic heterocycles. The molecule has 10 heteroatoms. The van der Waals surface area contributed by atoms with Crippen molar-refractivity contribution in [3.63, 3.8) is 0 Å². The molecule has 0 unspecified atom stereocenters. The maximum atomic E-state index is 13.1. The normalized spacial score (nSPS) is 22.2. The third-order valence-electron chi connectivity index (χ3n) is 6.10. The lowest BCUT2D eigenvalue weighted by molar-refractivity contribution is -0.298. The van der Waals surface area contributed by atoms with Crippen molar-refractivity contribution in [1.29, 1.82) is 0 Å². The van der Waals surface area contributed by atoms with Gasteiger partial charge in [-0.3, -0.25) is 0 Å². The second-order valence-corrected chi connectivity index (χ2v) is 9.53. The Kier molecular flexibility index (Phi) is 10.8. The highest BCUT2D eigenvalue weighted by Crippen LogP contribution is 2.30. The molecule has 0 amide bonds. The van der Waals surface area contributed by atoms with Crippen LogP contribution < -0.4 is 0 Å². The highest BCUT2D eigenvalue weighted by molar-refractivity contribution is 9.09. The standard InChI is InChI=1S/C30H29BrO9/c1-35-30-26(40-29(34)22-15-9-4-10-16-22)25(36-18-17-31)24(39-28(33)21-13-7-3-8-14-21)23(38-30)19-37-27(32)20-11-5-2-6-12-20/h2-16,23-26,30H,17-19H2,1H3/t23-,24+,25+,26-,30+/m1/s1. The quantitative estimate of drug-likeness (QED) is 0.176. The summed E-state index contributed by atoms with van der Waals surface area (Å²) in [6, 6.07) is 25.3. The van der Waals surface area contributed by atoms with Crippen molar-refractivity contribution in [2.24, 2.45) is 0 Å². The van der Waals surface area contributed by atoms with Crippen LogP contribution in [0, 0.1) is 0 Å². The van der Waals surface area contributed by atoms with Gasteiger partial charge in [-0.1, -0.05) is 70.5 Å². The van der Waals surface area contributed by atoms with E-state index in [1.807, 2.05) is 0 Å². The Morgan fingerprint density at radius 3 is 1.65 bits per heavy atom. The summed E-state index contributed by atoms with van der Waals surface area (Å²) in [4.78, 5) is 38.9. The monoisotopic (exact) mass is 612 g/mol. The maximum absolute atomic E-state index is 13.1. The topological polar surface area (TPSA) is 107 Å². The molecule has 1 aliphatic rings. The number of benzene rings is 3. The minimum absolute atomic E-state index is 0.191. The number of methoxy groups -OCH3 is 1. The first kappa shape index (κ1) is 29.4. The van der Waals surface area contributed by atoms with E-state index in [-0.39, 0.29) is 13.2 Å². The highest BCUT2D eigenvalue weighted by atomic mass is 79.9. The van der Waals surface area contributed by atoms with Gasteiger partial charge in [-0.15, -0.1) is 0 Å². The molecule has 40 heavy (non-hydrogen) atoms. The first-order chi connectivity index (χ1) is 19.5. The third-order valence-corrected chi connectivity index (χ3v) is 6.43. The van der Waals surface area contributed by atoms with Gasteiger partial charge < -0.3 is 28.4 Å². The van der Waals surface area contributed by atoms with Gasteiger partial charge in [0, 0.05) is 12.4 Å². The van der Waals surface area contributed by atoms with Crippen LogP contribution in [0.25, 0.3) is 0 Å². The summed E-state index contributed by atoms with van der Waals surface area (Å²) < 4.78 is 35.0. The Morgan fingerprint density at radius 1 is 0.700 bits per heavy atom. The molecule has 9 nitrogen and oxygen atoms in total. The second kappa shape index (κ2) is 14.7. The lowest BCUT2D eigenvalue weighted by Crippen LogP contribution is -2.62. The average Bonchev–Trinajstić information content (AvgIpc) is 3.01. The van der Waals surface area contributed by atoms with Gasteiger partial charge in [-0.2, -0.15) is 0 Å². The van der Waals surface area contributed by atoms with Gasteiger partial charge >= 0.3 is 17.9 Å². The molecule has 3 aromatic carbocycles. The summed E-state index contributed by atoms with van der Waals surface area (Å²) in [5.41, 5.74) is 0.961. The van der Waals surface area contributed by atoms with E-state index in [0.717, 1.165) is 0 Å². The smallest absolute Gasteiger partial charge is 0.338 e. The van der Waals surface area contributed by atoms with Crippen molar-refractivity contribution >= 4 is 33.8 Å². The van der Waals surface area contributed by atoms with E-state index in [2.05, 4.69) is 15.9 Å². The zero-order valence-electron chi connectivity index (χ0n) is 21.7. The van der Waals surface area contributed by atoms with Crippen LogP contribution in [0.1, 0.15) is 31.1 Å². The highest BCUT2D eigenvalue weighted by Gasteiger charge is 2.51. The van der Waals surface area contributed by atoms with Crippen LogP contribution in [-0.4, -0.2) is 74.3 Å². The largest absolute Gasteiger partial charge is 0.459 e. The number of alkyl halides is 1. The molecular formula is C30H29BrO9. The van der Waals surface area contributed by atoms with Crippen molar-refractivity contribution in [1.82, 2.24) is 0 Å². The number of ether oxygens (including phenoxy) is 6. The third kappa shape index (κ3) is 7.54. The number of rotatable bonds is 11. The number of esters is 3. The molecule has 4 rings (SSSR count). The Bertz CT molecular complexity index is 1240. The van der Waals surface area contributed by atoms with Gasteiger partial charge in [0.2, 0.25) is 0 Å². The van der Waals surface area contributed by atoms with Crippen molar-refractivity contribution in [3.05, 3.63) is 108 Å². The Hall–Kier alpha value is -3.57. The van der Waals surface area contributed by atoms with Crippen molar-refractivity contribution in [2.45, 2.75) is 30.7 Å². The number of hydrogen-bond donors (Lipinski definition) is 0. The lowest BCUT2D eigenvalue weighted by atomic mass is 9.98. The van der Waals surface area contributed by atoms with Gasteiger partial charge in [0.15, 0.2) is 18.5 Å². The molecule has 1 fully saturated rings. The molecule has 1 heterocycles. The summed E-state index contributed by atoms with van der Waals surface area (Å²) in [6.07, 6.45) is -5.38. The molecule has 3 aromatic rings. The molecule has 1 saturated heterocycles. The Balaban J connectivity index is 1.63. The minimum Gasteiger partial charge on any atom is -0.459 e. The van der Waals surface area contributed by atoms with Crippen LogP contribution in [-0.2, 0) is 28.4 Å². The molecule has 210 valence electrons. The molecule has 0 aliphatic carbocycles. The van der Waals surface area contributed by atoms with Crippen LogP contribution in [0.4, 0.5) is 0 Å². The van der Waals surface area contributed by atoms with Crippen molar-refractivity contribution < 1.29 is 42.8 Å². The minimum atomic E-state index is -1.13. The maximum Gasteiger partial charge on any atom is 0.338 e. The molecule has 0 spiro atoms. The summed E-state index contributed by atoms with van der Waals surface area (Å²) in [5, 5.41) is 0.453.